The van der Waals surface area contributed by atoms with Crippen LogP contribution in [0.15, 0.2) is 0 Å². The molecule has 7 bridgehead atoms. The average Bonchev–Trinajstić information content (AvgIpc) is 2.51. The molecule has 0 aromatic heterocycles. The van der Waals surface area contributed by atoms with Crippen molar-refractivity contribution < 1.29 is 4.79 Å². The van der Waals surface area contributed by atoms with Gasteiger partial charge in [-0.05, 0) is 67.6 Å². The van der Waals surface area contributed by atoms with E-state index in [1.165, 1.54) is 32.1 Å². The molecule has 7 aliphatic carbocycles. The molecule has 8 atom stereocenters. The van der Waals surface area contributed by atoms with Crippen molar-refractivity contribution in [3.05, 3.63) is 0 Å². The smallest absolute Gasteiger partial charge is 0.139 e. The lowest BCUT2D eigenvalue weighted by Crippen LogP contribution is -2.51. The number of hydrogen-bond acceptors (Lipinski definition) is 1. The minimum Gasteiger partial charge on any atom is -0.299 e. The minimum absolute atomic E-state index is 0.533. The number of carbonyl (C=O) groups excluding carboxylic acids is 1. The summed E-state index contributed by atoms with van der Waals surface area (Å²) in [7, 11) is 0. The van der Waals surface area contributed by atoms with Gasteiger partial charge < -0.3 is 0 Å². The Bertz CT molecular complexity index is 358. The number of carbonyl (C=O) groups is 1. The average molecular weight is 202 g/mol. The number of ketones is 1. The zero-order chi connectivity index (χ0) is 9.73. The first-order chi connectivity index (χ1) is 7.36. The zero-order valence-electron chi connectivity index (χ0n) is 9.06. The fourth-order valence-corrected chi connectivity index (χ4v) is 6.80. The molecular weight excluding hydrogens is 184 g/mol. The van der Waals surface area contributed by atoms with Crippen molar-refractivity contribution in [3.8, 4) is 0 Å². The normalized spacial score (nSPS) is 68.1. The molecule has 0 N–H and O–H groups in total. The molecule has 15 heavy (non-hydrogen) atoms. The van der Waals surface area contributed by atoms with Crippen LogP contribution in [-0.2, 0) is 4.79 Å². The highest BCUT2D eigenvalue weighted by Crippen LogP contribution is 2.72. The first kappa shape index (κ1) is 7.86. The molecule has 0 heterocycles. The summed E-state index contributed by atoms with van der Waals surface area (Å²) in [6.07, 6.45) is 7.05. The predicted molar refractivity (Wildman–Crippen MR) is 56.0 cm³/mol. The largest absolute Gasteiger partial charge is 0.299 e. The lowest BCUT2D eigenvalue weighted by atomic mass is 9.50. The molecule has 0 aliphatic heterocycles. The molecule has 0 radical (unpaired) electrons. The third kappa shape index (κ3) is 0.646. The number of Topliss-reactive ketones (excluding diaryl/α,β-unsaturated/α-hetero) is 1. The Hall–Kier alpha value is -0.330. The van der Waals surface area contributed by atoms with Gasteiger partial charge in [0.05, 0.1) is 0 Å². The van der Waals surface area contributed by atoms with E-state index in [9.17, 15) is 4.79 Å². The van der Waals surface area contributed by atoms with E-state index < -0.39 is 0 Å². The highest BCUT2D eigenvalue weighted by atomic mass is 16.1. The second-order valence-electron chi connectivity index (χ2n) is 6.83. The second-order valence-corrected chi connectivity index (χ2v) is 6.83. The monoisotopic (exact) mass is 202 g/mol. The quantitative estimate of drug-likeness (QED) is 0.590. The second kappa shape index (κ2) is 2.19. The Labute approximate surface area is 90.6 Å². The summed E-state index contributed by atoms with van der Waals surface area (Å²) in [6, 6.07) is 0. The van der Waals surface area contributed by atoms with Gasteiger partial charge in [-0.3, -0.25) is 4.79 Å². The van der Waals surface area contributed by atoms with Crippen LogP contribution in [0, 0.1) is 47.3 Å². The fourth-order valence-electron chi connectivity index (χ4n) is 6.80. The van der Waals surface area contributed by atoms with Crippen molar-refractivity contribution in [2.24, 2.45) is 47.3 Å². The van der Waals surface area contributed by atoms with Crippen LogP contribution in [0.5, 0.6) is 0 Å². The molecule has 7 fully saturated rings. The van der Waals surface area contributed by atoms with Gasteiger partial charge in [0.25, 0.3) is 0 Å². The summed E-state index contributed by atoms with van der Waals surface area (Å²) >= 11 is 0. The molecule has 0 saturated heterocycles. The summed E-state index contributed by atoms with van der Waals surface area (Å²) in [4.78, 5) is 12.4. The zero-order valence-corrected chi connectivity index (χ0v) is 9.06. The molecule has 0 aromatic rings. The van der Waals surface area contributed by atoms with E-state index in [1.807, 2.05) is 0 Å². The van der Waals surface area contributed by atoms with Crippen LogP contribution in [0.2, 0.25) is 0 Å². The van der Waals surface area contributed by atoms with Crippen molar-refractivity contribution in [1.82, 2.24) is 0 Å². The van der Waals surface area contributed by atoms with E-state index in [1.54, 1.807) is 0 Å². The molecule has 7 aliphatic rings. The van der Waals surface area contributed by atoms with Crippen LogP contribution in [0.25, 0.3) is 0 Å². The lowest BCUT2D eigenvalue weighted by molar-refractivity contribution is -0.142. The fraction of sp³-hybridized carbons (Fsp3) is 0.929. The standard InChI is InChI=1S/C14H18O/c15-14-9-4-3-8-12-7-2-1-6(11(9)12)5-10(7)13(8)14/h6-13H,1-5H2/t6-,7+,8+,9-,10?,11?,12?,13+/m0/s1. The van der Waals surface area contributed by atoms with E-state index in [0.717, 1.165) is 41.3 Å². The van der Waals surface area contributed by atoms with Crippen LogP contribution in [0.1, 0.15) is 32.1 Å². The van der Waals surface area contributed by atoms with Crippen LogP contribution in [0.4, 0.5) is 0 Å². The van der Waals surface area contributed by atoms with Gasteiger partial charge in [-0.25, -0.2) is 0 Å². The Balaban J connectivity index is 1.78. The molecule has 1 heteroatoms. The van der Waals surface area contributed by atoms with Gasteiger partial charge in [-0.15, -0.1) is 0 Å². The topological polar surface area (TPSA) is 17.1 Å². The summed E-state index contributed by atoms with van der Waals surface area (Å²) in [5.74, 6) is 7.36. The van der Waals surface area contributed by atoms with Gasteiger partial charge in [0.2, 0.25) is 0 Å². The van der Waals surface area contributed by atoms with Gasteiger partial charge in [0.1, 0.15) is 5.78 Å². The molecule has 0 aromatic carbocycles. The van der Waals surface area contributed by atoms with Crippen LogP contribution in [-0.4, -0.2) is 5.78 Å². The molecule has 1 nitrogen and oxygen atoms in total. The summed E-state index contributed by atoms with van der Waals surface area (Å²) in [5.41, 5.74) is 0. The van der Waals surface area contributed by atoms with Crippen molar-refractivity contribution >= 4 is 5.78 Å². The van der Waals surface area contributed by atoms with Gasteiger partial charge in [0.15, 0.2) is 0 Å². The number of rotatable bonds is 0. The summed E-state index contributed by atoms with van der Waals surface area (Å²) in [5, 5.41) is 0. The van der Waals surface area contributed by atoms with Crippen molar-refractivity contribution in [2.45, 2.75) is 32.1 Å². The lowest BCUT2D eigenvalue weighted by Gasteiger charge is -2.54. The molecule has 0 spiro atoms. The number of hydrogen-bond donors (Lipinski definition) is 0. The summed E-state index contributed by atoms with van der Waals surface area (Å²) in [6.45, 7) is 0. The van der Waals surface area contributed by atoms with Gasteiger partial charge in [0, 0.05) is 11.8 Å². The Morgan fingerprint density at radius 3 is 2.67 bits per heavy atom. The van der Waals surface area contributed by atoms with E-state index in [0.29, 0.717) is 11.8 Å². The molecular formula is C14H18O. The molecule has 0 amide bonds. The van der Waals surface area contributed by atoms with Crippen LogP contribution >= 0.6 is 0 Å². The predicted octanol–water partition coefficient (Wildman–Crippen LogP) is 2.50. The maximum Gasteiger partial charge on any atom is 0.139 e. The molecule has 3 unspecified atom stereocenters. The first-order valence-electron chi connectivity index (χ1n) is 6.90. The van der Waals surface area contributed by atoms with Crippen LogP contribution in [0.3, 0.4) is 0 Å². The first-order valence-corrected chi connectivity index (χ1v) is 6.90. The van der Waals surface area contributed by atoms with Crippen molar-refractivity contribution in [2.75, 3.05) is 0 Å². The van der Waals surface area contributed by atoms with Crippen molar-refractivity contribution in [1.29, 1.82) is 0 Å². The Morgan fingerprint density at radius 2 is 1.73 bits per heavy atom. The SMILES string of the molecule is O=C1[C@H]2CC[C@@H]3C4C2[C@H]2CC[C@@H]4C(C2)[C@H]13. The van der Waals surface area contributed by atoms with Gasteiger partial charge >= 0.3 is 0 Å². The Morgan fingerprint density at radius 1 is 0.867 bits per heavy atom. The minimum atomic E-state index is 0.533. The highest BCUT2D eigenvalue weighted by Gasteiger charge is 2.69. The maximum absolute atomic E-state index is 12.4. The van der Waals surface area contributed by atoms with Crippen molar-refractivity contribution in [3.63, 3.8) is 0 Å². The Kier molecular flexibility index (Phi) is 1.15. The van der Waals surface area contributed by atoms with Crippen LogP contribution < -0.4 is 0 Å². The van der Waals surface area contributed by atoms with E-state index in [-0.39, 0.29) is 0 Å². The van der Waals surface area contributed by atoms with E-state index in [2.05, 4.69) is 0 Å². The third-order valence-corrected chi connectivity index (χ3v) is 6.87. The summed E-state index contributed by atoms with van der Waals surface area (Å²) < 4.78 is 0. The van der Waals surface area contributed by atoms with Gasteiger partial charge in [-0.1, -0.05) is 0 Å². The maximum atomic E-state index is 12.4. The van der Waals surface area contributed by atoms with E-state index >= 15 is 0 Å². The molecule has 7 rings (SSSR count). The number of fused-ring (bicyclic) bond motifs is 2. The van der Waals surface area contributed by atoms with Gasteiger partial charge in [-0.2, -0.15) is 0 Å². The third-order valence-electron chi connectivity index (χ3n) is 6.87. The van der Waals surface area contributed by atoms with E-state index in [4.69, 9.17) is 0 Å². The molecule has 80 valence electrons. The molecule has 7 saturated carbocycles. The highest BCUT2D eigenvalue weighted by molar-refractivity contribution is 5.87.